The Morgan fingerprint density at radius 3 is 2.95 bits per heavy atom. The van der Waals surface area contributed by atoms with Gasteiger partial charge in [0, 0.05) is 29.9 Å². The van der Waals surface area contributed by atoms with Crippen LogP contribution in [0.5, 0.6) is 0 Å². The predicted molar refractivity (Wildman–Crippen MR) is 78.5 cm³/mol. The van der Waals surface area contributed by atoms with Crippen LogP contribution in [0.25, 0.3) is 0 Å². The molecule has 1 aliphatic rings. The van der Waals surface area contributed by atoms with Crippen molar-refractivity contribution < 1.29 is 9.59 Å². The lowest BCUT2D eigenvalue weighted by Gasteiger charge is -2.31. The van der Waals surface area contributed by atoms with Crippen molar-refractivity contribution in [2.24, 2.45) is 5.92 Å². The summed E-state index contributed by atoms with van der Waals surface area (Å²) in [6.07, 6.45) is 1.21. The van der Waals surface area contributed by atoms with Crippen molar-refractivity contribution in [3.8, 4) is 0 Å². The van der Waals surface area contributed by atoms with Gasteiger partial charge in [0.05, 0.1) is 10.6 Å². The van der Waals surface area contributed by atoms with Crippen LogP contribution >= 0.6 is 27.5 Å². The standard InChI is InChI=1S/C14H15BrClNO2/c1-2-9-8-17(7-6-12(9)18)14(19)10-4-3-5-11(15)13(10)16/h3-5,9H,2,6-8H2,1H3. The third-order valence-corrected chi connectivity index (χ3v) is 4.78. The Hall–Kier alpha value is -0.870. The molecule has 1 atom stereocenters. The molecule has 2 rings (SSSR count). The molecule has 1 heterocycles. The number of likely N-dealkylation sites (tertiary alicyclic amines) is 1. The lowest BCUT2D eigenvalue weighted by atomic mass is 9.93. The highest BCUT2D eigenvalue weighted by Crippen LogP contribution is 2.28. The van der Waals surface area contributed by atoms with Crippen molar-refractivity contribution in [1.82, 2.24) is 4.90 Å². The fourth-order valence-electron chi connectivity index (χ4n) is 2.29. The molecule has 1 aliphatic heterocycles. The van der Waals surface area contributed by atoms with E-state index in [2.05, 4.69) is 15.9 Å². The number of carbonyl (C=O) groups excluding carboxylic acids is 2. The van der Waals surface area contributed by atoms with Gasteiger partial charge in [0.15, 0.2) is 0 Å². The Morgan fingerprint density at radius 1 is 1.53 bits per heavy atom. The molecule has 0 aromatic heterocycles. The molecule has 1 amide bonds. The van der Waals surface area contributed by atoms with Crippen LogP contribution in [0.4, 0.5) is 0 Å². The highest BCUT2D eigenvalue weighted by Gasteiger charge is 2.29. The summed E-state index contributed by atoms with van der Waals surface area (Å²) < 4.78 is 0.708. The average molecular weight is 345 g/mol. The van der Waals surface area contributed by atoms with Gasteiger partial charge in [0.2, 0.25) is 0 Å². The zero-order valence-electron chi connectivity index (χ0n) is 10.7. The highest BCUT2D eigenvalue weighted by atomic mass is 79.9. The van der Waals surface area contributed by atoms with E-state index in [-0.39, 0.29) is 17.6 Å². The second-order valence-corrected chi connectivity index (χ2v) is 5.91. The third-order valence-electron chi connectivity index (χ3n) is 3.49. The summed E-state index contributed by atoms with van der Waals surface area (Å²) in [5, 5.41) is 0.428. The van der Waals surface area contributed by atoms with E-state index < -0.39 is 0 Å². The molecule has 1 saturated heterocycles. The third kappa shape index (κ3) is 3.00. The molecule has 5 heteroatoms. The first-order valence-electron chi connectivity index (χ1n) is 6.30. The van der Waals surface area contributed by atoms with E-state index in [1.54, 1.807) is 23.1 Å². The minimum Gasteiger partial charge on any atom is -0.337 e. The van der Waals surface area contributed by atoms with Crippen LogP contribution in [0.1, 0.15) is 30.1 Å². The average Bonchev–Trinajstić information content (AvgIpc) is 2.41. The van der Waals surface area contributed by atoms with E-state index in [4.69, 9.17) is 11.6 Å². The van der Waals surface area contributed by atoms with E-state index >= 15 is 0 Å². The Labute approximate surface area is 126 Å². The molecule has 19 heavy (non-hydrogen) atoms. The predicted octanol–water partition coefficient (Wildman–Crippen LogP) is 3.54. The molecule has 1 aromatic rings. The summed E-state index contributed by atoms with van der Waals surface area (Å²) >= 11 is 9.46. The summed E-state index contributed by atoms with van der Waals surface area (Å²) in [5.41, 5.74) is 0.486. The molecule has 0 saturated carbocycles. The first-order chi connectivity index (χ1) is 9.04. The fourth-order valence-corrected chi connectivity index (χ4v) is 2.86. The van der Waals surface area contributed by atoms with Gasteiger partial charge < -0.3 is 4.90 Å². The number of hydrogen-bond donors (Lipinski definition) is 0. The van der Waals surface area contributed by atoms with Gasteiger partial charge in [-0.05, 0) is 34.5 Å². The van der Waals surface area contributed by atoms with Crippen molar-refractivity contribution in [3.05, 3.63) is 33.3 Å². The summed E-state index contributed by atoms with van der Waals surface area (Å²) in [4.78, 5) is 25.9. The summed E-state index contributed by atoms with van der Waals surface area (Å²) in [5.74, 6) is 0.118. The SMILES string of the molecule is CCC1CN(C(=O)c2cccc(Br)c2Cl)CCC1=O. The number of ketones is 1. The molecule has 1 fully saturated rings. The monoisotopic (exact) mass is 343 g/mol. The zero-order valence-corrected chi connectivity index (χ0v) is 13.0. The van der Waals surface area contributed by atoms with Crippen LogP contribution in [0.15, 0.2) is 22.7 Å². The minimum absolute atomic E-state index is 0.0383. The van der Waals surface area contributed by atoms with Crippen LogP contribution in [0.3, 0.4) is 0 Å². The van der Waals surface area contributed by atoms with Gasteiger partial charge in [-0.25, -0.2) is 0 Å². The van der Waals surface area contributed by atoms with Crippen molar-refractivity contribution >= 4 is 39.2 Å². The van der Waals surface area contributed by atoms with Crippen molar-refractivity contribution in [1.29, 1.82) is 0 Å². The van der Waals surface area contributed by atoms with E-state index in [1.807, 2.05) is 6.92 Å². The number of amides is 1. The van der Waals surface area contributed by atoms with Gasteiger partial charge in [-0.1, -0.05) is 24.6 Å². The first-order valence-corrected chi connectivity index (χ1v) is 7.47. The number of halogens is 2. The summed E-state index contributed by atoms with van der Waals surface area (Å²) in [6.45, 7) is 2.96. The van der Waals surface area contributed by atoms with Crippen molar-refractivity contribution in [3.63, 3.8) is 0 Å². The normalized spacial score (nSPS) is 19.6. The van der Waals surface area contributed by atoms with Crippen LogP contribution in [0, 0.1) is 5.92 Å². The van der Waals surface area contributed by atoms with Gasteiger partial charge in [-0.3, -0.25) is 9.59 Å². The summed E-state index contributed by atoms with van der Waals surface area (Å²) in [6, 6.07) is 5.30. The Kier molecular flexibility index (Phi) is 4.63. The molecule has 0 N–H and O–H groups in total. The topological polar surface area (TPSA) is 37.4 Å². The Morgan fingerprint density at radius 2 is 2.26 bits per heavy atom. The van der Waals surface area contributed by atoms with E-state index in [9.17, 15) is 9.59 Å². The molecule has 0 bridgehead atoms. The van der Waals surface area contributed by atoms with E-state index in [1.165, 1.54) is 0 Å². The molecule has 1 aromatic carbocycles. The first kappa shape index (κ1) is 14.5. The molecular formula is C14H15BrClNO2. The quantitative estimate of drug-likeness (QED) is 0.823. The lowest BCUT2D eigenvalue weighted by Crippen LogP contribution is -2.44. The van der Waals surface area contributed by atoms with Gasteiger partial charge in [-0.15, -0.1) is 0 Å². The summed E-state index contributed by atoms with van der Waals surface area (Å²) in [7, 11) is 0. The second-order valence-electron chi connectivity index (χ2n) is 4.67. The fraction of sp³-hybridized carbons (Fsp3) is 0.429. The van der Waals surface area contributed by atoms with Crippen molar-refractivity contribution in [2.75, 3.05) is 13.1 Å². The smallest absolute Gasteiger partial charge is 0.255 e. The van der Waals surface area contributed by atoms with E-state index in [0.29, 0.717) is 34.6 Å². The maximum absolute atomic E-state index is 12.5. The minimum atomic E-state index is -0.0998. The largest absolute Gasteiger partial charge is 0.337 e. The number of carbonyl (C=O) groups is 2. The molecule has 0 radical (unpaired) electrons. The molecule has 0 spiro atoms. The molecule has 1 unspecified atom stereocenters. The lowest BCUT2D eigenvalue weighted by molar-refractivity contribution is -0.125. The number of Topliss-reactive ketones (excluding diaryl/α,β-unsaturated/α-hetero) is 1. The van der Waals surface area contributed by atoms with Gasteiger partial charge >= 0.3 is 0 Å². The van der Waals surface area contributed by atoms with Crippen molar-refractivity contribution in [2.45, 2.75) is 19.8 Å². The van der Waals surface area contributed by atoms with E-state index in [0.717, 1.165) is 6.42 Å². The van der Waals surface area contributed by atoms with Gasteiger partial charge in [0.1, 0.15) is 5.78 Å². The van der Waals surface area contributed by atoms with Crippen LogP contribution in [-0.4, -0.2) is 29.7 Å². The number of nitrogens with zero attached hydrogens (tertiary/aromatic N) is 1. The number of benzene rings is 1. The van der Waals surface area contributed by atoms with Gasteiger partial charge in [0.25, 0.3) is 5.91 Å². The molecule has 0 aliphatic carbocycles. The molecule has 3 nitrogen and oxygen atoms in total. The van der Waals surface area contributed by atoms with Crippen LogP contribution in [0.2, 0.25) is 5.02 Å². The highest BCUT2D eigenvalue weighted by molar-refractivity contribution is 9.10. The Bertz CT molecular complexity index is 518. The molecule has 102 valence electrons. The maximum Gasteiger partial charge on any atom is 0.255 e. The Balaban J connectivity index is 2.20. The number of hydrogen-bond acceptors (Lipinski definition) is 2. The van der Waals surface area contributed by atoms with Gasteiger partial charge in [-0.2, -0.15) is 0 Å². The molecular weight excluding hydrogens is 330 g/mol. The van der Waals surface area contributed by atoms with Crippen LogP contribution < -0.4 is 0 Å². The second kappa shape index (κ2) is 6.06. The number of piperidine rings is 1. The van der Waals surface area contributed by atoms with Crippen LogP contribution in [-0.2, 0) is 4.79 Å². The number of rotatable bonds is 2. The maximum atomic E-state index is 12.5. The zero-order chi connectivity index (χ0) is 14.0.